The third kappa shape index (κ3) is 2.64. The molecule has 1 aliphatic rings. The molecule has 3 N–H and O–H groups in total. The number of rotatable bonds is 6. The van der Waals surface area contributed by atoms with E-state index in [2.05, 4.69) is 0 Å². The molecular formula is C9H19NO3. The molecule has 0 heterocycles. The third-order valence-electron chi connectivity index (χ3n) is 2.47. The third-order valence-corrected chi connectivity index (χ3v) is 2.47. The van der Waals surface area contributed by atoms with Crippen LogP contribution in [0.1, 0.15) is 19.8 Å². The Hall–Kier alpha value is -0.160. The van der Waals surface area contributed by atoms with Gasteiger partial charge in [0, 0.05) is 26.0 Å². The van der Waals surface area contributed by atoms with Crippen LogP contribution >= 0.6 is 0 Å². The summed E-state index contributed by atoms with van der Waals surface area (Å²) in [6, 6.07) is 0. The highest BCUT2D eigenvalue weighted by Crippen LogP contribution is 2.36. The summed E-state index contributed by atoms with van der Waals surface area (Å²) >= 11 is 0. The fourth-order valence-corrected chi connectivity index (χ4v) is 1.73. The second-order valence-corrected chi connectivity index (χ2v) is 3.44. The van der Waals surface area contributed by atoms with Crippen molar-refractivity contribution < 1.29 is 14.6 Å². The molecule has 1 fully saturated rings. The molecule has 0 atom stereocenters. The van der Waals surface area contributed by atoms with Gasteiger partial charge in [-0.2, -0.15) is 0 Å². The Labute approximate surface area is 79.0 Å². The van der Waals surface area contributed by atoms with Gasteiger partial charge in [0.05, 0.1) is 24.9 Å². The molecule has 0 amide bonds. The highest BCUT2D eigenvalue weighted by Gasteiger charge is 2.44. The molecule has 0 radical (unpaired) electrons. The lowest BCUT2D eigenvalue weighted by Crippen LogP contribution is -2.55. The molecule has 78 valence electrons. The lowest BCUT2D eigenvalue weighted by atomic mass is 9.77. The number of aliphatic hydroxyl groups excluding tert-OH is 1. The first-order chi connectivity index (χ1) is 6.26. The molecule has 0 spiro atoms. The van der Waals surface area contributed by atoms with E-state index in [-0.39, 0.29) is 12.2 Å². The predicted octanol–water partition coefficient (Wildman–Crippen LogP) is -0.108. The molecule has 1 aliphatic carbocycles. The highest BCUT2D eigenvalue weighted by molar-refractivity contribution is 4.97. The summed E-state index contributed by atoms with van der Waals surface area (Å²) in [5.41, 5.74) is 5.39. The van der Waals surface area contributed by atoms with Crippen LogP contribution in [0.5, 0.6) is 0 Å². The summed E-state index contributed by atoms with van der Waals surface area (Å²) in [5.74, 6) is 0. The van der Waals surface area contributed by atoms with Crippen LogP contribution in [-0.2, 0) is 9.47 Å². The average molecular weight is 189 g/mol. The Bertz CT molecular complexity index is 146. The largest absolute Gasteiger partial charge is 0.394 e. The molecule has 0 aromatic rings. The molecule has 4 heteroatoms. The number of nitrogens with two attached hydrogens (primary N) is 1. The van der Waals surface area contributed by atoms with Gasteiger partial charge < -0.3 is 20.3 Å². The average Bonchev–Trinajstić information content (AvgIpc) is 2.09. The summed E-state index contributed by atoms with van der Waals surface area (Å²) in [4.78, 5) is 0. The molecule has 4 nitrogen and oxygen atoms in total. The van der Waals surface area contributed by atoms with E-state index in [1.807, 2.05) is 6.92 Å². The first-order valence-electron chi connectivity index (χ1n) is 4.83. The molecule has 1 saturated carbocycles. The van der Waals surface area contributed by atoms with Crippen molar-refractivity contribution in [3.63, 3.8) is 0 Å². The van der Waals surface area contributed by atoms with Crippen LogP contribution in [0.15, 0.2) is 0 Å². The van der Waals surface area contributed by atoms with Gasteiger partial charge in [0.15, 0.2) is 0 Å². The van der Waals surface area contributed by atoms with Crippen molar-refractivity contribution in [2.45, 2.75) is 31.5 Å². The monoisotopic (exact) mass is 189 g/mol. The van der Waals surface area contributed by atoms with Gasteiger partial charge in [-0.25, -0.2) is 0 Å². The maximum absolute atomic E-state index is 8.62. The second kappa shape index (κ2) is 4.91. The van der Waals surface area contributed by atoms with E-state index in [0.29, 0.717) is 19.3 Å². The lowest BCUT2D eigenvalue weighted by Gasteiger charge is -2.46. The van der Waals surface area contributed by atoms with E-state index in [4.69, 9.17) is 20.3 Å². The predicted molar refractivity (Wildman–Crippen MR) is 49.5 cm³/mol. The van der Waals surface area contributed by atoms with Gasteiger partial charge in [0.2, 0.25) is 0 Å². The maximum Gasteiger partial charge on any atom is 0.0854 e. The van der Waals surface area contributed by atoms with Crippen molar-refractivity contribution in [1.29, 1.82) is 0 Å². The van der Waals surface area contributed by atoms with Crippen LogP contribution in [0.25, 0.3) is 0 Å². The lowest BCUT2D eigenvalue weighted by molar-refractivity contribution is -0.169. The summed E-state index contributed by atoms with van der Waals surface area (Å²) in [6.07, 6.45) is 2.02. The first-order valence-corrected chi connectivity index (χ1v) is 4.83. The number of hydrogen-bond acceptors (Lipinski definition) is 4. The Morgan fingerprint density at radius 1 is 1.54 bits per heavy atom. The number of aliphatic hydroxyl groups is 1. The van der Waals surface area contributed by atoms with Crippen molar-refractivity contribution in [2.24, 2.45) is 5.73 Å². The normalized spacial score (nSPS) is 33.0. The molecule has 13 heavy (non-hydrogen) atoms. The zero-order valence-electron chi connectivity index (χ0n) is 8.16. The fourth-order valence-electron chi connectivity index (χ4n) is 1.73. The first kappa shape index (κ1) is 10.9. The van der Waals surface area contributed by atoms with Crippen LogP contribution in [0.3, 0.4) is 0 Å². The van der Waals surface area contributed by atoms with Gasteiger partial charge in [-0.1, -0.05) is 0 Å². The molecule has 0 bridgehead atoms. The minimum absolute atomic E-state index is 0.0566. The van der Waals surface area contributed by atoms with Crippen LogP contribution < -0.4 is 5.73 Å². The van der Waals surface area contributed by atoms with Gasteiger partial charge in [0.1, 0.15) is 0 Å². The van der Waals surface area contributed by atoms with E-state index >= 15 is 0 Å². The Morgan fingerprint density at radius 2 is 2.23 bits per heavy atom. The van der Waals surface area contributed by atoms with Crippen LogP contribution in [0.4, 0.5) is 0 Å². The van der Waals surface area contributed by atoms with E-state index < -0.39 is 0 Å². The minimum Gasteiger partial charge on any atom is -0.394 e. The zero-order valence-corrected chi connectivity index (χ0v) is 8.16. The van der Waals surface area contributed by atoms with E-state index in [1.54, 1.807) is 0 Å². The van der Waals surface area contributed by atoms with Crippen molar-refractivity contribution in [2.75, 3.05) is 26.4 Å². The van der Waals surface area contributed by atoms with Crippen LogP contribution in [0.2, 0.25) is 0 Å². The number of hydrogen-bond donors (Lipinski definition) is 2. The second-order valence-electron chi connectivity index (χ2n) is 3.44. The summed E-state index contributed by atoms with van der Waals surface area (Å²) in [5, 5.41) is 8.62. The van der Waals surface area contributed by atoms with Crippen molar-refractivity contribution in [3.05, 3.63) is 0 Å². The van der Waals surface area contributed by atoms with E-state index in [0.717, 1.165) is 19.4 Å². The summed E-state index contributed by atoms with van der Waals surface area (Å²) in [6.45, 7) is 3.66. The molecule has 0 saturated heterocycles. The summed E-state index contributed by atoms with van der Waals surface area (Å²) in [7, 11) is 0. The molecule has 0 aromatic heterocycles. The zero-order chi connectivity index (χ0) is 9.73. The molecule has 1 rings (SSSR count). The molecule has 0 aromatic carbocycles. The molecule has 0 unspecified atom stereocenters. The van der Waals surface area contributed by atoms with Crippen molar-refractivity contribution >= 4 is 0 Å². The van der Waals surface area contributed by atoms with E-state index in [9.17, 15) is 0 Å². The summed E-state index contributed by atoms with van der Waals surface area (Å²) < 4.78 is 10.9. The Balaban J connectivity index is 2.23. The minimum atomic E-state index is -0.220. The van der Waals surface area contributed by atoms with Gasteiger partial charge in [0.25, 0.3) is 0 Å². The van der Waals surface area contributed by atoms with Gasteiger partial charge >= 0.3 is 0 Å². The van der Waals surface area contributed by atoms with Crippen molar-refractivity contribution in [1.82, 2.24) is 0 Å². The fraction of sp³-hybridized carbons (Fsp3) is 1.00. The number of ether oxygens (including phenoxy) is 2. The van der Waals surface area contributed by atoms with Crippen molar-refractivity contribution in [3.8, 4) is 0 Å². The Kier molecular flexibility index (Phi) is 4.12. The van der Waals surface area contributed by atoms with Gasteiger partial charge in [-0.15, -0.1) is 0 Å². The van der Waals surface area contributed by atoms with E-state index in [1.165, 1.54) is 0 Å². The van der Waals surface area contributed by atoms with Crippen LogP contribution in [-0.4, -0.2) is 43.2 Å². The smallest absolute Gasteiger partial charge is 0.0854 e. The Morgan fingerprint density at radius 3 is 2.69 bits per heavy atom. The SMILES string of the molecule is CCOC1CC(CN)(OCCO)C1. The van der Waals surface area contributed by atoms with Crippen LogP contribution in [0, 0.1) is 0 Å². The standard InChI is InChI=1S/C9H19NO3/c1-2-12-8-5-9(6-8,7-10)13-4-3-11/h8,11H,2-7,10H2,1H3. The topological polar surface area (TPSA) is 64.7 Å². The molecular weight excluding hydrogens is 170 g/mol. The highest BCUT2D eigenvalue weighted by atomic mass is 16.5. The molecule has 0 aliphatic heterocycles. The van der Waals surface area contributed by atoms with Gasteiger partial charge in [-0.3, -0.25) is 0 Å². The van der Waals surface area contributed by atoms with Gasteiger partial charge in [-0.05, 0) is 6.92 Å². The quantitative estimate of drug-likeness (QED) is 0.612. The maximum atomic E-state index is 8.62.